The van der Waals surface area contributed by atoms with E-state index in [4.69, 9.17) is 5.73 Å². The fourth-order valence-corrected chi connectivity index (χ4v) is 2.96. The van der Waals surface area contributed by atoms with Gasteiger partial charge < -0.3 is 11.1 Å². The maximum absolute atomic E-state index is 13.1. The Balaban J connectivity index is 2.19. The van der Waals surface area contributed by atoms with Gasteiger partial charge in [-0.05, 0) is 29.5 Å². The molecule has 0 saturated heterocycles. The highest BCUT2D eigenvalue weighted by molar-refractivity contribution is 7.09. The number of benzene rings is 1. The molecule has 1 aromatic carbocycles. The summed E-state index contributed by atoms with van der Waals surface area (Å²) in [5.74, 6) is -0.527. The summed E-state index contributed by atoms with van der Waals surface area (Å²) in [6, 6.07) is 6.03. The van der Waals surface area contributed by atoms with Crippen LogP contribution >= 0.6 is 11.3 Å². The molecule has 1 heterocycles. The molecular formula is C17H22FN3OS. The van der Waals surface area contributed by atoms with Gasteiger partial charge in [-0.1, -0.05) is 32.9 Å². The molecule has 0 aliphatic carbocycles. The summed E-state index contributed by atoms with van der Waals surface area (Å²) in [5.41, 5.74) is 6.79. The molecule has 0 fully saturated rings. The van der Waals surface area contributed by atoms with Crippen LogP contribution in [0.4, 0.5) is 4.39 Å². The lowest BCUT2D eigenvalue weighted by molar-refractivity contribution is 0.0921. The number of carbonyl (C=O) groups is 1. The molecule has 2 aromatic rings. The van der Waals surface area contributed by atoms with Gasteiger partial charge in [0.2, 0.25) is 0 Å². The fraction of sp³-hybridized carbons (Fsp3) is 0.412. The second kappa shape index (κ2) is 7.19. The van der Waals surface area contributed by atoms with Gasteiger partial charge in [0.25, 0.3) is 5.91 Å². The molecule has 1 atom stereocenters. The first-order valence-electron chi connectivity index (χ1n) is 7.49. The lowest BCUT2D eigenvalue weighted by atomic mass is 9.85. The Labute approximate surface area is 139 Å². The highest BCUT2D eigenvalue weighted by atomic mass is 32.1. The predicted octanol–water partition coefficient (Wildman–Crippen LogP) is 3.65. The van der Waals surface area contributed by atoms with Crippen LogP contribution in [0.25, 0.3) is 0 Å². The van der Waals surface area contributed by atoms with Crippen LogP contribution in [-0.2, 0) is 6.54 Å². The topological polar surface area (TPSA) is 68.0 Å². The average molecular weight is 335 g/mol. The van der Waals surface area contributed by atoms with E-state index in [0.29, 0.717) is 12.2 Å². The van der Waals surface area contributed by atoms with E-state index in [0.717, 1.165) is 17.0 Å². The third-order valence-corrected chi connectivity index (χ3v) is 4.22. The number of rotatable bonds is 5. The van der Waals surface area contributed by atoms with Crippen molar-refractivity contribution in [1.29, 1.82) is 0 Å². The van der Waals surface area contributed by atoms with Gasteiger partial charge in [-0.25, -0.2) is 9.37 Å². The summed E-state index contributed by atoms with van der Waals surface area (Å²) in [5, 5.41) is 5.44. The molecule has 0 aliphatic rings. The number of hydrogen-bond acceptors (Lipinski definition) is 4. The number of amides is 1. The zero-order chi connectivity index (χ0) is 17.0. The van der Waals surface area contributed by atoms with Crippen molar-refractivity contribution >= 4 is 17.2 Å². The maximum atomic E-state index is 13.1. The molecule has 6 heteroatoms. The molecule has 0 spiro atoms. The smallest absolute Gasteiger partial charge is 0.271 e. The standard InChI is InChI=1S/C17H22FN3OS/c1-17(2,3)8-13(11-4-6-12(18)7-5-11)21-16(22)14-10-23-15(9-19)20-14/h4-7,10,13H,8-9,19H2,1-3H3,(H,21,22). The van der Waals surface area contributed by atoms with E-state index in [2.05, 4.69) is 31.1 Å². The minimum absolute atomic E-state index is 0.0107. The summed E-state index contributed by atoms with van der Waals surface area (Å²) in [4.78, 5) is 16.6. The van der Waals surface area contributed by atoms with Crippen molar-refractivity contribution < 1.29 is 9.18 Å². The first-order chi connectivity index (χ1) is 10.8. The van der Waals surface area contributed by atoms with Crippen LogP contribution in [0.1, 0.15) is 54.3 Å². The SMILES string of the molecule is CC(C)(C)CC(NC(=O)c1csc(CN)n1)c1ccc(F)cc1. The van der Waals surface area contributed by atoms with Crippen LogP contribution in [0.5, 0.6) is 0 Å². The van der Waals surface area contributed by atoms with Gasteiger partial charge in [-0.2, -0.15) is 0 Å². The average Bonchev–Trinajstić information content (AvgIpc) is 2.95. The zero-order valence-electron chi connectivity index (χ0n) is 13.6. The third kappa shape index (κ3) is 5.11. The molecule has 0 aliphatic heterocycles. The van der Waals surface area contributed by atoms with Crippen molar-refractivity contribution in [3.8, 4) is 0 Å². The van der Waals surface area contributed by atoms with Gasteiger partial charge in [-0.3, -0.25) is 4.79 Å². The fourth-order valence-electron chi connectivity index (χ4n) is 2.30. The first kappa shape index (κ1) is 17.6. The summed E-state index contributed by atoms with van der Waals surface area (Å²) in [6.07, 6.45) is 0.734. The van der Waals surface area contributed by atoms with E-state index < -0.39 is 0 Å². The molecule has 124 valence electrons. The molecule has 2 rings (SSSR count). The Bertz CT molecular complexity index is 661. The van der Waals surface area contributed by atoms with Gasteiger partial charge in [0.05, 0.1) is 6.04 Å². The zero-order valence-corrected chi connectivity index (χ0v) is 14.4. The molecule has 0 radical (unpaired) electrons. The molecule has 23 heavy (non-hydrogen) atoms. The van der Waals surface area contributed by atoms with Crippen LogP contribution in [0.15, 0.2) is 29.6 Å². The molecular weight excluding hydrogens is 313 g/mol. The van der Waals surface area contributed by atoms with Crippen molar-refractivity contribution in [3.63, 3.8) is 0 Å². The number of nitrogens with one attached hydrogen (secondary N) is 1. The minimum atomic E-state index is -0.290. The van der Waals surface area contributed by atoms with Crippen molar-refractivity contribution in [2.75, 3.05) is 0 Å². The molecule has 1 amide bonds. The Morgan fingerprint density at radius 1 is 1.35 bits per heavy atom. The van der Waals surface area contributed by atoms with Crippen LogP contribution in [0, 0.1) is 11.2 Å². The molecule has 1 unspecified atom stereocenters. The lowest BCUT2D eigenvalue weighted by Gasteiger charge is -2.27. The Morgan fingerprint density at radius 2 is 2.00 bits per heavy atom. The Morgan fingerprint density at radius 3 is 2.52 bits per heavy atom. The Hall–Kier alpha value is -1.79. The van der Waals surface area contributed by atoms with E-state index in [1.807, 2.05) is 0 Å². The number of halogens is 1. The molecule has 0 bridgehead atoms. The van der Waals surface area contributed by atoms with Gasteiger partial charge in [-0.15, -0.1) is 11.3 Å². The maximum Gasteiger partial charge on any atom is 0.271 e. The van der Waals surface area contributed by atoms with E-state index in [-0.39, 0.29) is 23.2 Å². The summed E-state index contributed by atoms with van der Waals surface area (Å²) in [6.45, 7) is 6.63. The van der Waals surface area contributed by atoms with Gasteiger partial charge in [0.15, 0.2) is 0 Å². The quantitative estimate of drug-likeness (QED) is 0.876. The van der Waals surface area contributed by atoms with Crippen LogP contribution < -0.4 is 11.1 Å². The van der Waals surface area contributed by atoms with Crippen molar-refractivity contribution in [3.05, 3.63) is 51.7 Å². The monoisotopic (exact) mass is 335 g/mol. The molecule has 1 aromatic heterocycles. The van der Waals surface area contributed by atoms with Gasteiger partial charge in [0.1, 0.15) is 16.5 Å². The summed E-state index contributed by atoms with van der Waals surface area (Å²) in [7, 11) is 0. The number of nitrogens with zero attached hydrogens (tertiary/aromatic N) is 1. The number of nitrogens with two attached hydrogens (primary N) is 1. The van der Waals surface area contributed by atoms with Crippen LogP contribution in [0.3, 0.4) is 0 Å². The molecule has 3 N–H and O–H groups in total. The van der Waals surface area contributed by atoms with E-state index in [1.54, 1.807) is 17.5 Å². The van der Waals surface area contributed by atoms with E-state index >= 15 is 0 Å². The van der Waals surface area contributed by atoms with Crippen molar-refractivity contribution in [2.24, 2.45) is 11.1 Å². The second-order valence-electron chi connectivity index (χ2n) is 6.67. The van der Waals surface area contributed by atoms with Crippen LogP contribution in [0.2, 0.25) is 0 Å². The van der Waals surface area contributed by atoms with E-state index in [1.165, 1.54) is 23.5 Å². The third-order valence-electron chi connectivity index (χ3n) is 3.35. The number of thiazole rings is 1. The minimum Gasteiger partial charge on any atom is -0.344 e. The largest absolute Gasteiger partial charge is 0.344 e. The summed E-state index contributed by atoms with van der Waals surface area (Å²) < 4.78 is 13.1. The highest BCUT2D eigenvalue weighted by Gasteiger charge is 2.23. The second-order valence-corrected chi connectivity index (χ2v) is 7.62. The van der Waals surface area contributed by atoms with E-state index in [9.17, 15) is 9.18 Å². The number of aromatic nitrogens is 1. The summed E-state index contributed by atoms with van der Waals surface area (Å²) >= 11 is 1.37. The van der Waals surface area contributed by atoms with Crippen LogP contribution in [-0.4, -0.2) is 10.9 Å². The number of carbonyl (C=O) groups excluding carboxylic acids is 1. The molecule has 4 nitrogen and oxygen atoms in total. The normalized spacial score (nSPS) is 12.9. The first-order valence-corrected chi connectivity index (χ1v) is 8.37. The number of hydrogen-bond donors (Lipinski definition) is 2. The van der Waals surface area contributed by atoms with Gasteiger partial charge >= 0.3 is 0 Å². The Kier molecular flexibility index (Phi) is 5.49. The lowest BCUT2D eigenvalue weighted by Crippen LogP contribution is -2.31. The molecule has 0 saturated carbocycles. The van der Waals surface area contributed by atoms with Crippen molar-refractivity contribution in [2.45, 2.75) is 39.8 Å². The van der Waals surface area contributed by atoms with Crippen molar-refractivity contribution in [1.82, 2.24) is 10.3 Å². The van der Waals surface area contributed by atoms with Gasteiger partial charge in [0, 0.05) is 11.9 Å². The highest BCUT2D eigenvalue weighted by Crippen LogP contribution is 2.30. The predicted molar refractivity (Wildman–Crippen MR) is 90.7 cm³/mol.